The minimum atomic E-state index is -1.55. The zero-order valence-electron chi connectivity index (χ0n) is 54.8. The largest absolute Gasteiger partial charge is 0.462 e. The number of allylic oxidation sites excluding steroid dienone is 26. The topological polar surface area (TPSA) is 134 Å². The lowest BCUT2D eigenvalue weighted by Gasteiger charge is -2.55. The standard InChI is InChI=1S/C76H118O8/c1-13-15-17-19-21-23-25-27-28-29-30-32-34-36-38-40-42-54-70(78)84-68-60-72(9,10)76(82,74(12,80)62-68)58-56-66(6)52-46-50-64(4)48-44-43-47-63(3)49-45-51-65(5)55-57-75(81)71(7,8)59-67(61-73(75,11)79)83-69(77)53-41-39-37-35-33-31-26-24-22-20-18-16-14-2/h15,17,21,23,27-28,30,32,36,38,43-52,55-58,67-68,79-82H,13-14,16,18-20,22,24-26,29,31,33-35,37,39-42,53-54,59-62H2,1-12H3/b17-15-,23-21-,28-27-,32-30-,38-36-,44-43+,49-45+,50-46+,57-55+,58-56+,63-47+,64-48+,65-51+,66-52+/t67-,68-,73+,74+,75+,76+/m0/s1. The molecule has 2 fully saturated rings. The van der Waals surface area contributed by atoms with Crippen LogP contribution in [-0.4, -0.2) is 67.0 Å². The van der Waals surface area contributed by atoms with E-state index in [1.54, 1.807) is 26.0 Å². The van der Waals surface area contributed by atoms with Crippen LogP contribution in [0.25, 0.3) is 0 Å². The average molecular weight is 1160 g/mol. The fourth-order valence-electron chi connectivity index (χ4n) is 11.6. The summed E-state index contributed by atoms with van der Waals surface area (Å²) in [5.74, 6) is -0.497. The molecule has 2 saturated carbocycles. The van der Waals surface area contributed by atoms with Gasteiger partial charge in [0.25, 0.3) is 0 Å². The predicted molar refractivity (Wildman–Crippen MR) is 356 cm³/mol. The lowest BCUT2D eigenvalue weighted by molar-refractivity contribution is -0.223. The van der Waals surface area contributed by atoms with Crippen molar-refractivity contribution in [3.8, 4) is 0 Å². The molecule has 0 radical (unpaired) electrons. The molecule has 0 amide bonds. The maximum Gasteiger partial charge on any atom is 0.306 e. The third kappa shape index (κ3) is 29.0. The number of rotatable bonds is 39. The number of esters is 2. The van der Waals surface area contributed by atoms with Crippen molar-refractivity contribution in [3.63, 3.8) is 0 Å². The molecule has 0 aromatic rings. The van der Waals surface area contributed by atoms with Gasteiger partial charge in [0.15, 0.2) is 0 Å². The summed E-state index contributed by atoms with van der Waals surface area (Å²) in [6, 6.07) is 0. The summed E-state index contributed by atoms with van der Waals surface area (Å²) in [6.07, 6.45) is 72.2. The maximum absolute atomic E-state index is 12.9. The summed E-state index contributed by atoms with van der Waals surface area (Å²) in [7, 11) is 0. The van der Waals surface area contributed by atoms with Crippen LogP contribution in [0, 0.1) is 10.8 Å². The molecule has 0 bridgehead atoms. The van der Waals surface area contributed by atoms with Gasteiger partial charge in [-0.25, -0.2) is 0 Å². The van der Waals surface area contributed by atoms with Crippen molar-refractivity contribution in [3.05, 3.63) is 168 Å². The average Bonchev–Trinajstić information content (AvgIpc) is 0.839. The molecule has 6 atom stereocenters. The Labute approximate surface area is 512 Å². The van der Waals surface area contributed by atoms with E-state index in [2.05, 4.69) is 74.6 Å². The molecule has 2 rings (SSSR count). The lowest BCUT2D eigenvalue weighted by atomic mass is 9.57. The molecule has 2 aliphatic carbocycles. The van der Waals surface area contributed by atoms with Crippen molar-refractivity contribution in [2.75, 3.05) is 0 Å². The van der Waals surface area contributed by atoms with Crippen molar-refractivity contribution in [1.82, 2.24) is 0 Å². The molecule has 0 saturated heterocycles. The number of unbranched alkanes of at least 4 members (excludes halogenated alkanes) is 13. The minimum Gasteiger partial charge on any atom is -0.462 e. The van der Waals surface area contributed by atoms with Crippen molar-refractivity contribution >= 4 is 11.9 Å². The second-order valence-corrected chi connectivity index (χ2v) is 25.9. The van der Waals surface area contributed by atoms with Gasteiger partial charge in [0.05, 0.1) is 11.2 Å². The van der Waals surface area contributed by atoms with Gasteiger partial charge in [0, 0.05) is 36.5 Å². The van der Waals surface area contributed by atoms with Gasteiger partial charge in [-0.3, -0.25) is 9.59 Å². The first-order chi connectivity index (χ1) is 39.8. The number of carbonyl (C=O) groups is 2. The predicted octanol–water partition coefficient (Wildman–Crippen LogP) is 19.4. The lowest BCUT2D eigenvalue weighted by Crippen LogP contribution is -2.65. The molecule has 0 aromatic heterocycles. The number of hydrogen-bond donors (Lipinski definition) is 4. The van der Waals surface area contributed by atoms with Crippen LogP contribution in [0.3, 0.4) is 0 Å². The van der Waals surface area contributed by atoms with E-state index in [-0.39, 0.29) is 24.8 Å². The highest BCUT2D eigenvalue weighted by molar-refractivity contribution is 5.70. The van der Waals surface area contributed by atoms with E-state index in [1.807, 2.05) is 128 Å². The van der Waals surface area contributed by atoms with E-state index in [9.17, 15) is 30.0 Å². The quantitative estimate of drug-likeness (QED) is 0.0207. The SMILES string of the molecule is CC/C=C\C/C=C\C/C=C\C/C=C\C/C=C\CCCC(=O)O[C@H]1CC(C)(C)[C@](O)(/C=C/C(C)=C/C=C/C(C)=C/C=C/C=C(C)/C=C/C=C(C)/C=C/[C@@]2(O)C(C)(C)C[C@H](OC(=O)CCCCCCCCCCCCCCC)C[C@@]2(C)O)[C@](C)(O)C1. The van der Waals surface area contributed by atoms with E-state index in [0.29, 0.717) is 32.1 Å². The summed E-state index contributed by atoms with van der Waals surface area (Å²) in [5, 5.41) is 47.4. The summed E-state index contributed by atoms with van der Waals surface area (Å²) < 4.78 is 11.8. The van der Waals surface area contributed by atoms with Crippen molar-refractivity contribution in [2.45, 2.75) is 285 Å². The van der Waals surface area contributed by atoms with E-state index in [4.69, 9.17) is 9.47 Å². The van der Waals surface area contributed by atoms with Crippen LogP contribution >= 0.6 is 0 Å². The Hall–Kier alpha value is -4.86. The Bertz CT molecular complexity index is 2320. The molecule has 0 unspecified atom stereocenters. The fourth-order valence-corrected chi connectivity index (χ4v) is 11.6. The molecule has 0 aromatic carbocycles. The molecule has 2 aliphatic rings. The first-order valence-electron chi connectivity index (χ1n) is 32.5. The summed E-state index contributed by atoms with van der Waals surface area (Å²) >= 11 is 0. The van der Waals surface area contributed by atoms with Crippen LogP contribution in [0.2, 0.25) is 0 Å². The number of ether oxygens (including phenoxy) is 2. The summed E-state index contributed by atoms with van der Waals surface area (Å²) in [5.41, 5.74) is -3.72. The third-order valence-corrected chi connectivity index (χ3v) is 16.9. The molecule has 0 spiro atoms. The highest BCUT2D eigenvalue weighted by Crippen LogP contribution is 2.52. The number of carbonyl (C=O) groups excluding carboxylic acids is 2. The van der Waals surface area contributed by atoms with Crippen molar-refractivity contribution < 1.29 is 39.5 Å². The smallest absolute Gasteiger partial charge is 0.306 e. The van der Waals surface area contributed by atoms with E-state index in [1.165, 1.54) is 64.2 Å². The highest BCUT2D eigenvalue weighted by Gasteiger charge is 2.60. The molecular weight excluding hydrogens is 1040 g/mol. The Morgan fingerprint density at radius 2 is 0.726 bits per heavy atom. The van der Waals surface area contributed by atoms with Gasteiger partial charge in [-0.15, -0.1) is 0 Å². The monoisotopic (exact) mass is 1160 g/mol. The fraction of sp³-hybridized carbons (Fsp3) is 0.605. The van der Waals surface area contributed by atoms with Crippen LogP contribution in [0.1, 0.15) is 250 Å². The Kier molecular flexibility index (Phi) is 36.3. The number of hydrogen-bond acceptors (Lipinski definition) is 8. The Morgan fingerprint density at radius 1 is 0.405 bits per heavy atom. The molecule has 0 aliphatic heterocycles. The highest BCUT2D eigenvalue weighted by atomic mass is 16.5. The van der Waals surface area contributed by atoms with Gasteiger partial charge < -0.3 is 29.9 Å². The van der Waals surface area contributed by atoms with Crippen LogP contribution in [-0.2, 0) is 19.1 Å². The summed E-state index contributed by atoms with van der Waals surface area (Å²) in [6.45, 7) is 23.3. The summed E-state index contributed by atoms with van der Waals surface area (Å²) in [4.78, 5) is 25.7. The van der Waals surface area contributed by atoms with Crippen LogP contribution in [0.15, 0.2) is 168 Å². The maximum atomic E-state index is 12.9. The molecule has 84 heavy (non-hydrogen) atoms. The first-order valence-corrected chi connectivity index (χ1v) is 32.5. The molecule has 4 N–H and O–H groups in total. The van der Waals surface area contributed by atoms with E-state index < -0.39 is 45.4 Å². The van der Waals surface area contributed by atoms with E-state index in [0.717, 1.165) is 80.1 Å². The normalized spacial score (nSPS) is 25.8. The molecule has 8 nitrogen and oxygen atoms in total. The van der Waals surface area contributed by atoms with Gasteiger partial charge in [-0.05, 0) is 118 Å². The molecular formula is C76H118O8. The van der Waals surface area contributed by atoms with Crippen LogP contribution in [0.5, 0.6) is 0 Å². The zero-order chi connectivity index (χ0) is 62.4. The first kappa shape index (κ1) is 75.2. The van der Waals surface area contributed by atoms with Gasteiger partial charge in [-0.2, -0.15) is 0 Å². The second-order valence-electron chi connectivity index (χ2n) is 25.9. The van der Waals surface area contributed by atoms with Gasteiger partial charge >= 0.3 is 11.9 Å². The van der Waals surface area contributed by atoms with Crippen LogP contribution in [0.4, 0.5) is 0 Å². The zero-order valence-corrected chi connectivity index (χ0v) is 54.8. The van der Waals surface area contributed by atoms with Gasteiger partial charge in [0.2, 0.25) is 0 Å². The van der Waals surface area contributed by atoms with Gasteiger partial charge in [0.1, 0.15) is 23.4 Å². The second kappa shape index (κ2) is 40.5. The Morgan fingerprint density at radius 3 is 1.10 bits per heavy atom. The number of aliphatic hydroxyl groups is 4. The third-order valence-electron chi connectivity index (χ3n) is 16.9. The molecule has 470 valence electrons. The Balaban J connectivity index is 1.80. The van der Waals surface area contributed by atoms with Crippen molar-refractivity contribution in [1.29, 1.82) is 0 Å². The van der Waals surface area contributed by atoms with Crippen LogP contribution < -0.4 is 0 Å². The van der Waals surface area contributed by atoms with E-state index >= 15 is 0 Å². The minimum absolute atomic E-state index is 0.136. The van der Waals surface area contributed by atoms with Crippen molar-refractivity contribution in [2.24, 2.45) is 10.8 Å². The van der Waals surface area contributed by atoms with Gasteiger partial charge in [-0.1, -0.05) is 275 Å². The molecule has 8 heteroatoms. The molecule has 0 heterocycles.